The van der Waals surface area contributed by atoms with E-state index in [9.17, 15) is 4.79 Å². The Bertz CT molecular complexity index is 1230. The molecular formula is C21H18ClN5OS. The monoisotopic (exact) mass is 423 g/mol. The van der Waals surface area contributed by atoms with E-state index in [1.807, 2.05) is 54.0 Å². The molecule has 1 N–H and O–H groups in total. The van der Waals surface area contributed by atoms with E-state index in [2.05, 4.69) is 26.7 Å². The molecule has 0 saturated heterocycles. The van der Waals surface area contributed by atoms with Gasteiger partial charge in [-0.25, -0.2) is 4.98 Å². The fourth-order valence-corrected chi connectivity index (χ4v) is 4.03. The molecule has 0 amide bonds. The highest BCUT2D eigenvalue weighted by Gasteiger charge is 2.19. The van der Waals surface area contributed by atoms with Crippen LogP contribution in [0.4, 0.5) is 0 Å². The van der Waals surface area contributed by atoms with Crippen molar-refractivity contribution < 1.29 is 0 Å². The Morgan fingerprint density at radius 2 is 1.97 bits per heavy atom. The molecule has 146 valence electrons. The fraction of sp³-hybridized carbons (Fsp3) is 0.143. The standard InChI is InChI=1S/C21H18ClN5OS/c1-3-12-27-19(14-8-10-15(22)11-9-14)25-26-21(27)29-13(2)18-23-17-7-5-4-6-16(17)20(28)24-18/h3-11,13H,1,12H2,2H3,(H,23,24,28)/t13-/m1/s1. The van der Waals surface area contributed by atoms with Gasteiger partial charge in [-0.15, -0.1) is 16.8 Å². The van der Waals surface area contributed by atoms with Gasteiger partial charge in [-0.2, -0.15) is 0 Å². The number of fused-ring (bicyclic) bond motifs is 1. The highest BCUT2D eigenvalue weighted by Crippen LogP contribution is 2.34. The summed E-state index contributed by atoms with van der Waals surface area (Å²) in [7, 11) is 0. The van der Waals surface area contributed by atoms with Crippen molar-refractivity contribution in [3.63, 3.8) is 0 Å². The van der Waals surface area contributed by atoms with Crippen LogP contribution in [0.3, 0.4) is 0 Å². The number of H-pyrrole nitrogens is 1. The van der Waals surface area contributed by atoms with Gasteiger partial charge in [0.15, 0.2) is 11.0 Å². The zero-order valence-electron chi connectivity index (χ0n) is 15.7. The molecule has 2 heterocycles. The third-order valence-electron chi connectivity index (χ3n) is 4.43. The summed E-state index contributed by atoms with van der Waals surface area (Å²) < 4.78 is 1.98. The average Bonchev–Trinajstić information content (AvgIpc) is 3.11. The SMILES string of the molecule is C=CCn1c(S[C@H](C)c2nc3ccccc3c(=O)[nH]2)nnc1-c1ccc(Cl)cc1. The summed E-state index contributed by atoms with van der Waals surface area (Å²) in [6.45, 7) is 6.38. The Balaban J connectivity index is 1.68. The minimum Gasteiger partial charge on any atom is -0.309 e. The number of para-hydroxylation sites is 1. The third kappa shape index (κ3) is 3.97. The van der Waals surface area contributed by atoms with Gasteiger partial charge in [0.05, 0.1) is 16.2 Å². The van der Waals surface area contributed by atoms with Crippen LogP contribution in [-0.4, -0.2) is 24.7 Å². The molecule has 29 heavy (non-hydrogen) atoms. The lowest BCUT2D eigenvalue weighted by Gasteiger charge is -2.12. The van der Waals surface area contributed by atoms with E-state index in [0.29, 0.717) is 28.3 Å². The number of benzene rings is 2. The molecule has 0 aliphatic carbocycles. The Morgan fingerprint density at radius 3 is 2.72 bits per heavy atom. The van der Waals surface area contributed by atoms with E-state index in [-0.39, 0.29) is 10.8 Å². The molecule has 2 aromatic heterocycles. The number of nitrogens with one attached hydrogen (secondary N) is 1. The molecule has 8 heteroatoms. The molecule has 1 atom stereocenters. The number of aromatic nitrogens is 5. The van der Waals surface area contributed by atoms with E-state index in [1.54, 1.807) is 12.1 Å². The van der Waals surface area contributed by atoms with Crippen LogP contribution >= 0.6 is 23.4 Å². The zero-order chi connectivity index (χ0) is 20.4. The maximum Gasteiger partial charge on any atom is 0.258 e. The number of hydrogen-bond donors (Lipinski definition) is 1. The first-order chi connectivity index (χ1) is 14.1. The summed E-state index contributed by atoms with van der Waals surface area (Å²) in [5.41, 5.74) is 1.45. The Labute approximate surface area is 176 Å². The summed E-state index contributed by atoms with van der Waals surface area (Å²) in [6, 6.07) is 14.8. The van der Waals surface area contributed by atoms with Gasteiger partial charge in [-0.1, -0.05) is 41.6 Å². The summed E-state index contributed by atoms with van der Waals surface area (Å²) >= 11 is 7.48. The fourth-order valence-electron chi connectivity index (χ4n) is 2.99. The number of rotatable bonds is 6. The van der Waals surface area contributed by atoms with Crippen LogP contribution in [0.2, 0.25) is 5.02 Å². The van der Waals surface area contributed by atoms with Crippen molar-refractivity contribution in [2.24, 2.45) is 0 Å². The normalized spacial score (nSPS) is 12.2. The molecule has 0 spiro atoms. The number of hydrogen-bond acceptors (Lipinski definition) is 5. The quantitative estimate of drug-likeness (QED) is 0.353. The molecule has 0 aliphatic rings. The summed E-state index contributed by atoms with van der Waals surface area (Å²) in [4.78, 5) is 19.9. The maximum atomic E-state index is 12.4. The lowest BCUT2D eigenvalue weighted by molar-refractivity contribution is 0.727. The second-order valence-corrected chi connectivity index (χ2v) is 8.19. The van der Waals surface area contributed by atoms with Gasteiger partial charge >= 0.3 is 0 Å². The van der Waals surface area contributed by atoms with Crippen LogP contribution in [-0.2, 0) is 6.54 Å². The smallest absolute Gasteiger partial charge is 0.258 e. The molecule has 0 unspecified atom stereocenters. The van der Waals surface area contributed by atoms with Gasteiger partial charge in [-0.3, -0.25) is 9.36 Å². The maximum absolute atomic E-state index is 12.4. The van der Waals surface area contributed by atoms with Gasteiger partial charge in [0, 0.05) is 17.1 Å². The van der Waals surface area contributed by atoms with Crippen molar-refractivity contribution in [3.8, 4) is 11.4 Å². The van der Waals surface area contributed by atoms with Crippen molar-refractivity contribution in [3.05, 3.63) is 82.4 Å². The first-order valence-electron chi connectivity index (χ1n) is 9.02. The molecule has 0 aliphatic heterocycles. The molecule has 0 bridgehead atoms. The van der Waals surface area contributed by atoms with Crippen LogP contribution < -0.4 is 5.56 Å². The predicted molar refractivity (Wildman–Crippen MR) is 117 cm³/mol. The number of thioether (sulfide) groups is 1. The number of nitrogens with zero attached hydrogens (tertiary/aromatic N) is 4. The molecule has 0 fully saturated rings. The Hall–Kier alpha value is -2.90. The number of aromatic amines is 1. The van der Waals surface area contributed by atoms with Gasteiger partial charge in [0.1, 0.15) is 5.82 Å². The molecule has 6 nitrogen and oxygen atoms in total. The molecule has 4 rings (SSSR count). The first kappa shape index (κ1) is 19.4. The number of allylic oxidation sites excluding steroid dienone is 1. The van der Waals surface area contributed by atoms with Gasteiger partial charge in [0.2, 0.25) is 0 Å². The topological polar surface area (TPSA) is 76.5 Å². The largest absolute Gasteiger partial charge is 0.309 e. The lowest BCUT2D eigenvalue weighted by Crippen LogP contribution is -2.13. The summed E-state index contributed by atoms with van der Waals surface area (Å²) in [5.74, 6) is 1.33. The second-order valence-electron chi connectivity index (χ2n) is 6.44. The molecule has 0 saturated carbocycles. The predicted octanol–water partition coefficient (Wildman–Crippen LogP) is 4.87. The third-order valence-corrected chi connectivity index (χ3v) is 5.77. The van der Waals surface area contributed by atoms with E-state index in [4.69, 9.17) is 11.6 Å². The summed E-state index contributed by atoms with van der Waals surface area (Å²) in [6.07, 6.45) is 1.80. The molecule has 0 radical (unpaired) electrons. The zero-order valence-corrected chi connectivity index (χ0v) is 17.2. The van der Waals surface area contributed by atoms with E-state index in [0.717, 1.165) is 16.5 Å². The van der Waals surface area contributed by atoms with E-state index in [1.165, 1.54) is 11.8 Å². The van der Waals surface area contributed by atoms with E-state index >= 15 is 0 Å². The average molecular weight is 424 g/mol. The van der Waals surface area contributed by atoms with Gasteiger partial charge < -0.3 is 4.98 Å². The van der Waals surface area contributed by atoms with Crippen molar-refractivity contribution in [2.75, 3.05) is 0 Å². The molecular weight excluding hydrogens is 406 g/mol. The minimum atomic E-state index is -0.146. The van der Waals surface area contributed by atoms with Crippen LogP contribution in [0.5, 0.6) is 0 Å². The summed E-state index contributed by atoms with van der Waals surface area (Å²) in [5, 5.41) is 10.6. The van der Waals surface area contributed by atoms with Gasteiger partial charge in [-0.05, 0) is 43.3 Å². The van der Waals surface area contributed by atoms with Crippen molar-refractivity contribution in [1.29, 1.82) is 0 Å². The van der Waals surface area contributed by atoms with Crippen molar-refractivity contribution >= 4 is 34.3 Å². The highest BCUT2D eigenvalue weighted by atomic mass is 35.5. The van der Waals surface area contributed by atoms with Crippen molar-refractivity contribution in [2.45, 2.75) is 23.9 Å². The Morgan fingerprint density at radius 1 is 1.21 bits per heavy atom. The van der Waals surface area contributed by atoms with Crippen LogP contribution in [0.15, 0.2) is 71.1 Å². The van der Waals surface area contributed by atoms with Crippen molar-refractivity contribution in [1.82, 2.24) is 24.7 Å². The first-order valence-corrected chi connectivity index (χ1v) is 10.3. The molecule has 4 aromatic rings. The highest BCUT2D eigenvalue weighted by molar-refractivity contribution is 7.99. The van der Waals surface area contributed by atoms with Crippen LogP contribution in [0.25, 0.3) is 22.3 Å². The lowest BCUT2D eigenvalue weighted by atomic mass is 10.2. The van der Waals surface area contributed by atoms with Crippen LogP contribution in [0.1, 0.15) is 18.0 Å². The molecule has 2 aromatic carbocycles. The second kappa shape index (κ2) is 8.23. The van der Waals surface area contributed by atoms with Crippen LogP contribution in [0, 0.1) is 0 Å². The van der Waals surface area contributed by atoms with Gasteiger partial charge in [0.25, 0.3) is 5.56 Å². The number of halogens is 1. The van der Waals surface area contributed by atoms with E-state index < -0.39 is 0 Å². The minimum absolute atomic E-state index is 0.127. The Kier molecular flexibility index (Phi) is 5.51.